The Balaban J connectivity index is 1.15. The molecule has 1 saturated carbocycles. The van der Waals surface area contributed by atoms with E-state index in [-0.39, 0.29) is 5.82 Å². The van der Waals surface area contributed by atoms with Crippen LogP contribution in [0.4, 0.5) is 10.2 Å². The first-order valence-corrected chi connectivity index (χ1v) is 10.4. The molecule has 1 aliphatic carbocycles. The lowest BCUT2D eigenvalue weighted by atomic mass is 10.00. The van der Waals surface area contributed by atoms with Crippen molar-refractivity contribution in [2.24, 2.45) is 17.8 Å². The maximum absolute atomic E-state index is 13.5. The van der Waals surface area contributed by atoms with Crippen LogP contribution in [0.3, 0.4) is 0 Å². The van der Waals surface area contributed by atoms with E-state index in [1.807, 2.05) is 12.1 Å². The lowest BCUT2D eigenvalue weighted by Gasteiger charge is -2.28. The summed E-state index contributed by atoms with van der Waals surface area (Å²) < 4.78 is 18.9. The highest BCUT2D eigenvalue weighted by Crippen LogP contribution is 2.47. The molecule has 0 spiro atoms. The number of halogens is 2. The molecule has 5 rings (SSSR count). The number of aromatic nitrogens is 2. The van der Waals surface area contributed by atoms with Crippen LogP contribution >= 0.6 is 11.6 Å². The van der Waals surface area contributed by atoms with Gasteiger partial charge in [-0.3, -0.25) is 0 Å². The van der Waals surface area contributed by atoms with Crippen molar-refractivity contribution in [1.29, 1.82) is 0 Å². The Kier molecular flexibility index (Phi) is 4.95. The molecular weight excluding hydrogens is 379 g/mol. The van der Waals surface area contributed by atoms with Crippen LogP contribution in [0.2, 0.25) is 5.02 Å². The summed E-state index contributed by atoms with van der Waals surface area (Å²) in [6, 6.07) is 8.49. The lowest BCUT2D eigenvalue weighted by Crippen LogP contribution is -2.34. The number of benzene rings is 1. The zero-order valence-electron chi connectivity index (χ0n) is 15.7. The molecule has 3 atom stereocenters. The Morgan fingerprint density at radius 1 is 1.11 bits per heavy atom. The van der Waals surface area contributed by atoms with E-state index in [0.29, 0.717) is 34.2 Å². The number of hydrogen-bond acceptors (Lipinski definition) is 5. The van der Waals surface area contributed by atoms with Crippen molar-refractivity contribution in [2.75, 3.05) is 38.2 Å². The molecular formula is C21H24ClFN4O. The van der Waals surface area contributed by atoms with Gasteiger partial charge in [0.15, 0.2) is 0 Å². The number of ether oxygens (including phenoxy) is 1. The predicted octanol–water partition coefficient (Wildman–Crippen LogP) is 3.70. The van der Waals surface area contributed by atoms with Crippen LogP contribution in [-0.2, 0) is 4.74 Å². The van der Waals surface area contributed by atoms with Gasteiger partial charge in [0.05, 0.1) is 10.7 Å². The third kappa shape index (κ3) is 3.73. The van der Waals surface area contributed by atoms with Gasteiger partial charge in [0.2, 0.25) is 0 Å². The first-order chi connectivity index (χ1) is 13.7. The minimum absolute atomic E-state index is 0.334. The van der Waals surface area contributed by atoms with E-state index in [2.05, 4.69) is 20.4 Å². The summed E-state index contributed by atoms with van der Waals surface area (Å²) in [5.41, 5.74) is 1.14. The molecule has 1 N–H and O–H groups in total. The standard InChI is InChI=1S/C21H24ClFN4O/c22-18-2-1-14(23)9-15(18)19-3-4-20(26-25-19)24-21-16-11-27(12-17(16)21)10-13-5-7-28-8-6-13/h1-4,9,13,16-17,21H,5-8,10-12H2,(H,24,26)/t16-,17+,21-. The maximum Gasteiger partial charge on any atom is 0.148 e. The molecule has 3 fully saturated rings. The fourth-order valence-electron chi connectivity index (χ4n) is 4.69. The van der Waals surface area contributed by atoms with Gasteiger partial charge in [0, 0.05) is 44.5 Å². The second-order valence-corrected chi connectivity index (χ2v) is 8.61. The zero-order valence-corrected chi connectivity index (χ0v) is 16.4. The monoisotopic (exact) mass is 402 g/mol. The van der Waals surface area contributed by atoms with Crippen LogP contribution < -0.4 is 5.32 Å². The summed E-state index contributed by atoms with van der Waals surface area (Å²) in [6.07, 6.45) is 2.40. The van der Waals surface area contributed by atoms with Crippen molar-refractivity contribution < 1.29 is 9.13 Å². The third-order valence-electron chi connectivity index (χ3n) is 6.31. The van der Waals surface area contributed by atoms with Gasteiger partial charge in [-0.1, -0.05) is 11.6 Å². The molecule has 0 bridgehead atoms. The zero-order chi connectivity index (χ0) is 19.1. The number of hydrogen-bond donors (Lipinski definition) is 1. The molecule has 1 aromatic carbocycles. The quantitative estimate of drug-likeness (QED) is 0.826. The van der Waals surface area contributed by atoms with Crippen LogP contribution in [0.15, 0.2) is 30.3 Å². The number of rotatable bonds is 5. The Hall–Kier alpha value is -1.76. The van der Waals surface area contributed by atoms with E-state index < -0.39 is 0 Å². The molecule has 0 radical (unpaired) electrons. The smallest absolute Gasteiger partial charge is 0.148 e. The van der Waals surface area contributed by atoms with Crippen molar-refractivity contribution in [3.8, 4) is 11.3 Å². The molecule has 2 aromatic rings. The molecule has 148 valence electrons. The van der Waals surface area contributed by atoms with E-state index in [4.69, 9.17) is 16.3 Å². The van der Waals surface area contributed by atoms with Crippen molar-refractivity contribution in [1.82, 2.24) is 15.1 Å². The van der Waals surface area contributed by atoms with Gasteiger partial charge in [-0.05, 0) is 60.9 Å². The Bertz CT molecular complexity index is 831. The van der Waals surface area contributed by atoms with E-state index in [1.54, 1.807) is 0 Å². The summed E-state index contributed by atoms with van der Waals surface area (Å²) in [5, 5.41) is 12.5. The van der Waals surface area contributed by atoms with Crippen molar-refractivity contribution in [3.63, 3.8) is 0 Å². The van der Waals surface area contributed by atoms with Gasteiger partial charge < -0.3 is 15.0 Å². The van der Waals surface area contributed by atoms with Crippen LogP contribution in [0.5, 0.6) is 0 Å². The van der Waals surface area contributed by atoms with Gasteiger partial charge in [-0.25, -0.2) is 4.39 Å². The molecule has 2 aliphatic heterocycles. The van der Waals surface area contributed by atoms with Crippen molar-refractivity contribution in [2.45, 2.75) is 18.9 Å². The average Bonchev–Trinajstić information content (AvgIpc) is 3.15. The van der Waals surface area contributed by atoms with Gasteiger partial charge in [-0.2, -0.15) is 0 Å². The van der Waals surface area contributed by atoms with Gasteiger partial charge >= 0.3 is 0 Å². The second-order valence-electron chi connectivity index (χ2n) is 8.20. The minimum Gasteiger partial charge on any atom is -0.381 e. The largest absolute Gasteiger partial charge is 0.381 e. The van der Waals surface area contributed by atoms with Crippen LogP contribution in [0, 0.1) is 23.6 Å². The number of likely N-dealkylation sites (tertiary alicyclic amines) is 1. The van der Waals surface area contributed by atoms with Gasteiger partial charge in [0.1, 0.15) is 11.6 Å². The number of nitrogens with zero attached hydrogens (tertiary/aromatic N) is 3. The summed E-state index contributed by atoms with van der Waals surface area (Å²) in [4.78, 5) is 2.62. The molecule has 5 nitrogen and oxygen atoms in total. The van der Waals surface area contributed by atoms with E-state index in [0.717, 1.165) is 24.9 Å². The van der Waals surface area contributed by atoms with E-state index >= 15 is 0 Å². The molecule has 28 heavy (non-hydrogen) atoms. The maximum atomic E-state index is 13.5. The summed E-state index contributed by atoms with van der Waals surface area (Å²) in [7, 11) is 0. The number of piperidine rings is 1. The SMILES string of the molecule is Fc1ccc(Cl)c(-c2ccc(N[C@@H]3[C@@H]4CN(CC5CCOCC5)C[C@@H]43)nn2)c1. The first-order valence-electron chi connectivity index (χ1n) is 10.0. The van der Waals surface area contributed by atoms with Crippen LogP contribution in [0.1, 0.15) is 12.8 Å². The molecule has 1 aromatic heterocycles. The van der Waals surface area contributed by atoms with Crippen LogP contribution in [-0.4, -0.2) is 54.0 Å². The topological polar surface area (TPSA) is 50.3 Å². The molecule has 0 unspecified atom stereocenters. The van der Waals surface area contributed by atoms with Crippen molar-refractivity contribution >= 4 is 17.4 Å². The van der Waals surface area contributed by atoms with E-state index in [9.17, 15) is 4.39 Å². The highest BCUT2D eigenvalue weighted by molar-refractivity contribution is 6.33. The highest BCUT2D eigenvalue weighted by atomic mass is 35.5. The fourth-order valence-corrected chi connectivity index (χ4v) is 4.90. The van der Waals surface area contributed by atoms with Gasteiger partial charge in [0.25, 0.3) is 0 Å². The molecule has 2 saturated heterocycles. The lowest BCUT2D eigenvalue weighted by molar-refractivity contribution is 0.0540. The second kappa shape index (κ2) is 7.58. The highest BCUT2D eigenvalue weighted by Gasteiger charge is 2.55. The Morgan fingerprint density at radius 2 is 1.89 bits per heavy atom. The molecule has 3 aliphatic rings. The first kappa shape index (κ1) is 18.3. The normalized spacial score (nSPS) is 27.6. The summed E-state index contributed by atoms with van der Waals surface area (Å²) in [6.45, 7) is 5.40. The fraction of sp³-hybridized carbons (Fsp3) is 0.524. The average molecular weight is 403 g/mol. The molecule has 3 heterocycles. The van der Waals surface area contributed by atoms with Crippen molar-refractivity contribution in [3.05, 3.63) is 41.2 Å². The van der Waals surface area contributed by atoms with Gasteiger partial charge in [-0.15, -0.1) is 10.2 Å². The number of anilines is 1. The number of fused-ring (bicyclic) bond motifs is 1. The Morgan fingerprint density at radius 3 is 2.61 bits per heavy atom. The third-order valence-corrected chi connectivity index (χ3v) is 6.64. The van der Waals surface area contributed by atoms with Crippen LogP contribution in [0.25, 0.3) is 11.3 Å². The number of nitrogens with one attached hydrogen (secondary N) is 1. The molecule has 7 heteroatoms. The predicted molar refractivity (Wildman–Crippen MR) is 107 cm³/mol. The minimum atomic E-state index is -0.334. The molecule has 0 amide bonds. The van der Waals surface area contributed by atoms with E-state index in [1.165, 1.54) is 50.7 Å². The summed E-state index contributed by atoms with van der Waals surface area (Å²) in [5.74, 6) is 2.65. The Labute approximate surface area is 169 Å². The summed E-state index contributed by atoms with van der Waals surface area (Å²) >= 11 is 6.15.